The Hall–Kier alpha value is -1.12. The highest BCUT2D eigenvalue weighted by Crippen LogP contribution is 2.27. The van der Waals surface area contributed by atoms with Gasteiger partial charge in [-0.2, -0.15) is 0 Å². The van der Waals surface area contributed by atoms with Crippen LogP contribution in [0.25, 0.3) is 0 Å². The van der Waals surface area contributed by atoms with Gasteiger partial charge in [0, 0.05) is 17.9 Å². The van der Waals surface area contributed by atoms with Gasteiger partial charge in [0.1, 0.15) is 6.29 Å². The predicted molar refractivity (Wildman–Crippen MR) is 48.1 cm³/mol. The van der Waals surface area contributed by atoms with E-state index in [-0.39, 0.29) is 11.7 Å². The van der Waals surface area contributed by atoms with E-state index < -0.39 is 0 Å². The maximum absolute atomic E-state index is 11.2. The second-order valence-electron chi connectivity index (χ2n) is 3.26. The number of rotatable bonds is 3. The first-order valence-electron chi connectivity index (χ1n) is 4.45. The minimum atomic E-state index is 0.0176. The molecule has 0 amide bonds. The van der Waals surface area contributed by atoms with Crippen LogP contribution in [-0.2, 0) is 14.3 Å². The number of Topliss-reactive ketones (excluding diaryl/α,β-unsaturated/α-hetero) is 1. The molecule has 0 bridgehead atoms. The van der Waals surface area contributed by atoms with Crippen molar-refractivity contribution in [3.8, 4) is 0 Å². The smallest absolute Gasteiger partial charge is 0.159 e. The first-order valence-corrected chi connectivity index (χ1v) is 4.45. The van der Waals surface area contributed by atoms with E-state index in [0.717, 1.165) is 12.7 Å². The number of carbonyl (C=O) groups is 2. The predicted octanol–water partition coefficient (Wildman–Crippen LogP) is 1.47. The van der Waals surface area contributed by atoms with Gasteiger partial charge >= 0.3 is 0 Å². The van der Waals surface area contributed by atoms with Gasteiger partial charge in [-0.3, -0.25) is 4.79 Å². The molecular weight excluding hydrogens is 168 g/mol. The number of aldehydes is 1. The van der Waals surface area contributed by atoms with Gasteiger partial charge in [0.05, 0.1) is 12.4 Å². The minimum absolute atomic E-state index is 0.0176. The number of carbonyl (C=O) groups excluding carboxylic acids is 2. The Bertz CT molecular complexity index is 253. The molecule has 0 saturated heterocycles. The number of hydrogen-bond donors (Lipinski definition) is 0. The van der Waals surface area contributed by atoms with Crippen molar-refractivity contribution in [1.29, 1.82) is 0 Å². The summed E-state index contributed by atoms with van der Waals surface area (Å²) in [6.45, 7) is 3.92. The van der Waals surface area contributed by atoms with Crippen LogP contribution < -0.4 is 0 Å². The maximum Gasteiger partial charge on any atom is 0.159 e. The largest absolute Gasteiger partial charge is 0.498 e. The van der Waals surface area contributed by atoms with E-state index in [1.54, 1.807) is 6.92 Å². The first-order chi connectivity index (χ1) is 6.16. The van der Waals surface area contributed by atoms with Crippen molar-refractivity contribution in [2.24, 2.45) is 5.92 Å². The van der Waals surface area contributed by atoms with Crippen molar-refractivity contribution in [2.75, 3.05) is 6.61 Å². The van der Waals surface area contributed by atoms with Gasteiger partial charge in [0.25, 0.3) is 0 Å². The SMILES string of the molecule is CC(=O)C1=C(C)OCCC1CC=O. The fourth-order valence-electron chi connectivity index (χ4n) is 1.75. The topological polar surface area (TPSA) is 43.4 Å². The average molecular weight is 182 g/mol. The molecule has 0 spiro atoms. The first kappa shape index (κ1) is 9.96. The third-order valence-corrected chi connectivity index (χ3v) is 2.33. The molecule has 0 aliphatic carbocycles. The van der Waals surface area contributed by atoms with Crippen LogP contribution in [0.3, 0.4) is 0 Å². The molecule has 0 saturated carbocycles. The third kappa shape index (κ3) is 2.17. The molecule has 0 aromatic rings. The molecule has 0 N–H and O–H groups in total. The molecule has 0 fully saturated rings. The maximum atomic E-state index is 11.2. The molecule has 0 aromatic carbocycles. The van der Waals surface area contributed by atoms with E-state index in [4.69, 9.17) is 4.74 Å². The summed E-state index contributed by atoms with van der Waals surface area (Å²) in [5.41, 5.74) is 0.693. The molecule has 1 atom stereocenters. The van der Waals surface area contributed by atoms with E-state index >= 15 is 0 Å². The van der Waals surface area contributed by atoms with E-state index in [2.05, 4.69) is 0 Å². The zero-order valence-corrected chi connectivity index (χ0v) is 8.00. The molecule has 1 heterocycles. The molecule has 0 radical (unpaired) electrons. The molecular formula is C10H14O3. The molecule has 3 nitrogen and oxygen atoms in total. The number of ketones is 1. The quantitative estimate of drug-likeness (QED) is 0.621. The van der Waals surface area contributed by atoms with Crippen molar-refractivity contribution in [1.82, 2.24) is 0 Å². The van der Waals surface area contributed by atoms with Crippen molar-refractivity contribution < 1.29 is 14.3 Å². The van der Waals surface area contributed by atoms with Crippen molar-refractivity contribution >= 4 is 12.1 Å². The van der Waals surface area contributed by atoms with Crippen molar-refractivity contribution in [3.05, 3.63) is 11.3 Å². The zero-order valence-electron chi connectivity index (χ0n) is 8.00. The van der Waals surface area contributed by atoms with Crippen LogP contribution in [0.2, 0.25) is 0 Å². The Morgan fingerprint density at radius 1 is 1.69 bits per heavy atom. The lowest BCUT2D eigenvalue weighted by Crippen LogP contribution is -2.21. The monoisotopic (exact) mass is 182 g/mol. The lowest BCUT2D eigenvalue weighted by Gasteiger charge is -2.24. The highest BCUT2D eigenvalue weighted by molar-refractivity contribution is 5.94. The molecule has 1 rings (SSSR count). The van der Waals surface area contributed by atoms with E-state index in [0.29, 0.717) is 24.4 Å². The molecule has 3 heteroatoms. The van der Waals surface area contributed by atoms with E-state index in [1.165, 1.54) is 6.92 Å². The minimum Gasteiger partial charge on any atom is -0.498 e. The van der Waals surface area contributed by atoms with E-state index in [1.807, 2.05) is 0 Å². The molecule has 13 heavy (non-hydrogen) atoms. The number of hydrogen-bond acceptors (Lipinski definition) is 3. The summed E-state index contributed by atoms with van der Waals surface area (Å²) in [5.74, 6) is 0.776. The molecule has 1 unspecified atom stereocenters. The Morgan fingerprint density at radius 2 is 2.38 bits per heavy atom. The van der Waals surface area contributed by atoms with Crippen molar-refractivity contribution in [2.45, 2.75) is 26.7 Å². The molecule has 72 valence electrons. The van der Waals surface area contributed by atoms with Crippen LogP contribution in [-0.4, -0.2) is 18.7 Å². The fourth-order valence-corrected chi connectivity index (χ4v) is 1.75. The lowest BCUT2D eigenvalue weighted by atomic mass is 9.88. The molecule has 1 aliphatic rings. The van der Waals surface area contributed by atoms with Crippen LogP contribution >= 0.6 is 0 Å². The summed E-state index contributed by atoms with van der Waals surface area (Å²) in [4.78, 5) is 21.6. The summed E-state index contributed by atoms with van der Waals surface area (Å²) in [7, 11) is 0. The normalized spacial score (nSPS) is 22.5. The zero-order chi connectivity index (χ0) is 9.84. The summed E-state index contributed by atoms with van der Waals surface area (Å²) in [6, 6.07) is 0. The highest BCUT2D eigenvalue weighted by atomic mass is 16.5. The van der Waals surface area contributed by atoms with E-state index in [9.17, 15) is 9.59 Å². The third-order valence-electron chi connectivity index (χ3n) is 2.33. The average Bonchev–Trinajstić information content (AvgIpc) is 2.04. The Kier molecular flexibility index (Phi) is 3.23. The van der Waals surface area contributed by atoms with Crippen LogP contribution in [0.15, 0.2) is 11.3 Å². The summed E-state index contributed by atoms with van der Waals surface area (Å²) in [5, 5.41) is 0. The number of ether oxygens (including phenoxy) is 1. The Labute approximate surface area is 77.8 Å². The second-order valence-corrected chi connectivity index (χ2v) is 3.26. The standard InChI is InChI=1S/C10H14O3/c1-7(12)10-8(2)13-6-4-9(10)3-5-11/h5,9H,3-4,6H2,1-2H3. The lowest BCUT2D eigenvalue weighted by molar-refractivity contribution is -0.115. The summed E-state index contributed by atoms with van der Waals surface area (Å²) < 4.78 is 5.27. The Morgan fingerprint density at radius 3 is 2.92 bits per heavy atom. The summed E-state index contributed by atoms with van der Waals surface area (Å²) >= 11 is 0. The fraction of sp³-hybridized carbons (Fsp3) is 0.600. The van der Waals surface area contributed by atoms with Gasteiger partial charge < -0.3 is 9.53 Å². The van der Waals surface area contributed by atoms with Gasteiger partial charge in [0.2, 0.25) is 0 Å². The van der Waals surface area contributed by atoms with Gasteiger partial charge in [0.15, 0.2) is 5.78 Å². The van der Waals surface area contributed by atoms with Crippen LogP contribution in [0, 0.1) is 5.92 Å². The van der Waals surface area contributed by atoms with Crippen LogP contribution in [0.1, 0.15) is 26.7 Å². The molecule has 1 aliphatic heterocycles. The Balaban J connectivity index is 2.89. The number of allylic oxidation sites excluding steroid dienone is 2. The highest BCUT2D eigenvalue weighted by Gasteiger charge is 2.24. The van der Waals surface area contributed by atoms with Crippen LogP contribution in [0.4, 0.5) is 0 Å². The summed E-state index contributed by atoms with van der Waals surface area (Å²) in [6.07, 6.45) is 2.06. The van der Waals surface area contributed by atoms with Gasteiger partial charge in [-0.1, -0.05) is 0 Å². The second kappa shape index (κ2) is 4.21. The van der Waals surface area contributed by atoms with Crippen molar-refractivity contribution in [3.63, 3.8) is 0 Å². The van der Waals surface area contributed by atoms with Gasteiger partial charge in [-0.15, -0.1) is 0 Å². The van der Waals surface area contributed by atoms with Crippen LogP contribution in [0.5, 0.6) is 0 Å². The van der Waals surface area contributed by atoms with Gasteiger partial charge in [-0.25, -0.2) is 0 Å². The van der Waals surface area contributed by atoms with Gasteiger partial charge in [-0.05, 0) is 20.3 Å². The molecule has 0 aromatic heterocycles.